The molecule has 6 heteroatoms. The number of aryl methyl sites for hydroxylation is 3. The molecule has 140 valence electrons. The number of rotatable bonds is 4. The predicted molar refractivity (Wildman–Crippen MR) is 101 cm³/mol. The van der Waals surface area contributed by atoms with Crippen LogP contribution in [0.4, 0.5) is 0 Å². The molecule has 1 aliphatic heterocycles. The van der Waals surface area contributed by atoms with Crippen LogP contribution in [0, 0.1) is 19.8 Å². The maximum absolute atomic E-state index is 12.7. The van der Waals surface area contributed by atoms with E-state index in [4.69, 9.17) is 0 Å². The number of nitrogens with zero attached hydrogens (tertiary/aromatic N) is 4. The van der Waals surface area contributed by atoms with E-state index in [0.717, 1.165) is 49.3 Å². The van der Waals surface area contributed by atoms with Crippen LogP contribution in [0.25, 0.3) is 0 Å². The van der Waals surface area contributed by atoms with Gasteiger partial charge >= 0.3 is 5.69 Å². The number of piperidine rings is 1. The fourth-order valence-corrected chi connectivity index (χ4v) is 3.68. The highest BCUT2D eigenvalue weighted by Gasteiger charge is 2.25. The maximum Gasteiger partial charge on any atom is 0.345 e. The van der Waals surface area contributed by atoms with Crippen LogP contribution in [0.15, 0.2) is 23.0 Å². The van der Waals surface area contributed by atoms with Gasteiger partial charge in [-0.1, -0.05) is 6.07 Å². The lowest BCUT2D eigenvalue weighted by atomic mass is 9.92. The van der Waals surface area contributed by atoms with Gasteiger partial charge in [0.15, 0.2) is 0 Å². The van der Waals surface area contributed by atoms with E-state index >= 15 is 0 Å². The second kappa shape index (κ2) is 7.48. The SMILES string of the molecule is CCn1c(CC2CCN(C(=O)c3ccc(C)c(C)c3)CC2)nn(C)c1=O. The Morgan fingerprint density at radius 3 is 2.50 bits per heavy atom. The van der Waals surface area contributed by atoms with Gasteiger partial charge in [0.05, 0.1) is 0 Å². The molecule has 1 amide bonds. The van der Waals surface area contributed by atoms with E-state index in [1.165, 1.54) is 10.2 Å². The normalized spacial score (nSPS) is 15.5. The van der Waals surface area contributed by atoms with Crippen molar-refractivity contribution < 1.29 is 4.79 Å². The molecule has 1 fully saturated rings. The largest absolute Gasteiger partial charge is 0.345 e. The van der Waals surface area contributed by atoms with Crippen molar-refractivity contribution in [1.29, 1.82) is 0 Å². The summed E-state index contributed by atoms with van der Waals surface area (Å²) >= 11 is 0. The molecule has 3 rings (SSSR count). The number of carbonyl (C=O) groups excluding carboxylic acids is 1. The molecular formula is C20H28N4O2. The first-order valence-corrected chi connectivity index (χ1v) is 9.40. The summed E-state index contributed by atoms with van der Waals surface area (Å²) in [6.45, 7) is 8.24. The Morgan fingerprint density at radius 2 is 1.88 bits per heavy atom. The van der Waals surface area contributed by atoms with E-state index < -0.39 is 0 Å². The van der Waals surface area contributed by atoms with Crippen molar-refractivity contribution in [2.24, 2.45) is 13.0 Å². The molecule has 0 aliphatic carbocycles. The van der Waals surface area contributed by atoms with Crippen LogP contribution in [0.5, 0.6) is 0 Å². The minimum Gasteiger partial charge on any atom is -0.339 e. The van der Waals surface area contributed by atoms with Crippen molar-refractivity contribution in [3.05, 3.63) is 51.2 Å². The first kappa shape index (κ1) is 18.4. The number of hydrogen-bond donors (Lipinski definition) is 0. The molecular weight excluding hydrogens is 328 g/mol. The van der Waals surface area contributed by atoms with Gasteiger partial charge in [-0.15, -0.1) is 0 Å². The molecule has 0 bridgehead atoms. The molecule has 1 aliphatic rings. The molecule has 1 saturated heterocycles. The Morgan fingerprint density at radius 1 is 1.19 bits per heavy atom. The van der Waals surface area contributed by atoms with E-state index in [2.05, 4.69) is 12.0 Å². The molecule has 0 N–H and O–H groups in total. The molecule has 26 heavy (non-hydrogen) atoms. The molecule has 0 spiro atoms. The van der Waals surface area contributed by atoms with Crippen molar-refractivity contribution in [2.45, 2.75) is 46.6 Å². The van der Waals surface area contributed by atoms with Crippen molar-refractivity contribution in [2.75, 3.05) is 13.1 Å². The van der Waals surface area contributed by atoms with Crippen molar-refractivity contribution in [3.63, 3.8) is 0 Å². The standard InChI is InChI=1S/C20H28N4O2/c1-5-24-18(21-22(4)20(24)26)13-16-8-10-23(11-9-16)19(25)17-7-6-14(2)15(3)12-17/h6-7,12,16H,5,8-11,13H2,1-4H3. The predicted octanol–water partition coefficient (Wildman–Crippen LogP) is 2.31. The third kappa shape index (κ3) is 3.59. The zero-order valence-electron chi connectivity index (χ0n) is 16.2. The highest BCUT2D eigenvalue weighted by molar-refractivity contribution is 5.94. The lowest BCUT2D eigenvalue weighted by molar-refractivity contribution is 0.0689. The third-order valence-corrected chi connectivity index (χ3v) is 5.53. The van der Waals surface area contributed by atoms with Gasteiger partial charge in [0.25, 0.3) is 5.91 Å². The number of aromatic nitrogens is 3. The van der Waals surface area contributed by atoms with Crippen molar-refractivity contribution >= 4 is 5.91 Å². The number of carbonyl (C=O) groups is 1. The number of likely N-dealkylation sites (tertiary alicyclic amines) is 1. The Hall–Kier alpha value is -2.37. The second-order valence-corrected chi connectivity index (χ2v) is 7.31. The van der Waals surface area contributed by atoms with Gasteiger partial charge in [0, 0.05) is 38.7 Å². The smallest absolute Gasteiger partial charge is 0.339 e. The molecule has 0 atom stereocenters. The monoisotopic (exact) mass is 356 g/mol. The topological polar surface area (TPSA) is 60.1 Å². The van der Waals surface area contributed by atoms with Crippen LogP contribution < -0.4 is 5.69 Å². The van der Waals surface area contributed by atoms with Gasteiger partial charge in [-0.05, 0) is 62.8 Å². The summed E-state index contributed by atoms with van der Waals surface area (Å²) in [6.07, 6.45) is 2.70. The Kier molecular flexibility index (Phi) is 5.30. The zero-order chi connectivity index (χ0) is 18.8. The lowest BCUT2D eigenvalue weighted by Gasteiger charge is -2.32. The van der Waals surface area contributed by atoms with Gasteiger partial charge in [0.2, 0.25) is 0 Å². The first-order chi connectivity index (χ1) is 12.4. The summed E-state index contributed by atoms with van der Waals surface area (Å²) in [4.78, 5) is 26.7. The average molecular weight is 356 g/mol. The van der Waals surface area contributed by atoms with Crippen LogP contribution in [0.2, 0.25) is 0 Å². The molecule has 2 aromatic rings. The highest BCUT2D eigenvalue weighted by Crippen LogP contribution is 2.22. The molecule has 1 aromatic heterocycles. The maximum atomic E-state index is 12.7. The van der Waals surface area contributed by atoms with Crippen LogP contribution >= 0.6 is 0 Å². The highest BCUT2D eigenvalue weighted by atomic mass is 16.2. The first-order valence-electron chi connectivity index (χ1n) is 9.40. The van der Waals surface area contributed by atoms with E-state index in [9.17, 15) is 9.59 Å². The summed E-state index contributed by atoms with van der Waals surface area (Å²) in [5.41, 5.74) is 3.08. The fourth-order valence-electron chi connectivity index (χ4n) is 3.68. The Bertz CT molecular complexity index is 857. The van der Waals surface area contributed by atoms with Crippen LogP contribution in [-0.2, 0) is 20.0 Å². The van der Waals surface area contributed by atoms with E-state index in [0.29, 0.717) is 12.5 Å². The van der Waals surface area contributed by atoms with Gasteiger partial charge < -0.3 is 4.90 Å². The molecule has 6 nitrogen and oxygen atoms in total. The summed E-state index contributed by atoms with van der Waals surface area (Å²) in [5.74, 6) is 1.44. The minimum absolute atomic E-state index is 0.0511. The summed E-state index contributed by atoms with van der Waals surface area (Å²) in [5, 5.41) is 4.38. The fraction of sp³-hybridized carbons (Fsp3) is 0.550. The van der Waals surface area contributed by atoms with Gasteiger partial charge in [-0.2, -0.15) is 5.10 Å². The Balaban J connectivity index is 1.62. The van der Waals surface area contributed by atoms with Crippen molar-refractivity contribution in [1.82, 2.24) is 19.2 Å². The van der Waals surface area contributed by atoms with Gasteiger partial charge in [-0.25, -0.2) is 9.48 Å². The van der Waals surface area contributed by atoms with Crippen LogP contribution in [0.3, 0.4) is 0 Å². The van der Waals surface area contributed by atoms with E-state index in [1.807, 2.05) is 36.9 Å². The minimum atomic E-state index is -0.0511. The van der Waals surface area contributed by atoms with Crippen LogP contribution in [0.1, 0.15) is 47.1 Å². The molecule has 0 saturated carbocycles. The molecule has 1 aromatic carbocycles. The van der Waals surface area contributed by atoms with Gasteiger partial charge in [-0.3, -0.25) is 9.36 Å². The summed E-state index contributed by atoms with van der Waals surface area (Å²) in [7, 11) is 1.70. The van der Waals surface area contributed by atoms with E-state index in [-0.39, 0.29) is 11.6 Å². The summed E-state index contributed by atoms with van der Waals surface area (Å²) < 4.78 is 3.16. The van der Waals surface area contributed by atoms with Gasteiger partial charge in [0.1, 0.15) is 5.82 Å². The number of benzene rings is 1. The Labute approximate surface area is 154 Å². The second-order valence-electron chi connectivity index (χ2n) is 7.31. The number of hydrogen-bond acceptors (Lipinski definition) is 3. The zero-order valence-corrected chi connectivity index (χ0v) is 16.2. The average Bonchev–Trinajstić information content (AvgIpc) is 2.90. The van der Waals surface area contributed by atoms with Crippen LogP contribution in [-0.4, -0.2) is 38.2 Å². The van der Waals surface area contributed by atoms with E-state index in [1.54, 1.807) is 11.6 Å². The summed E-state index contributed by atoms with van der Waals surface area (Å²) in [6, 6.07) is 5.92. The lowest BCUT2D eigenvalue weighted by Crippen LogP contribution is -2.39. The number of amides is 1. The molecule has 0 radical (unpaired) electrons. The quantitative estimate of drug-likeness (QED) is 0.845. The molecule has 0 unspecified atom stereocenters. The van der Waals surface area contributed by atoms with Crippen molar-refractivity contribution in [3.8, 4) is 0 Å². The third-order valence-electron chi connectivity index (χ3n) is 5.53. The molecule has 2 heterocycles.